The van der Waals surface area contributed by atoms with E-state index in [9.17, 15) is 10.1 Å². The van der Waals surface area contributed by atoms with Gasteiger partial charge in [-0.25, -0.2) is 0 Å². The molecule has 1 unspecified atom stereocenters. The van der Waals surface area contributed by atoms with Gasteiger partial charge in [0, 0.05) is 12.3 Å². The summed E-state index contributed by atoms with van der Waals surface area (Å²) in [6.45, 7) is 1.27. The van der Waals surface area contributed by atoms with E-state index >= 15 is 0 Å². The molecule has 1 aromatic heterocycles. The topological polar surface area (TPSA) is 70.9 Å². The Hall–Kier alpha value is -2.69. The third-order valence-corrected chi connectivity index (χ3v) is 6.19. The van der Waals surface area contributed by atoms with E-state index in [1.807, 2.05) is 36.4 Å². The number of hydrogen-bond donors (Lipinski definition) is 1. The zero-order valence-electron chi connectivity index (χ0n) is 15.0. The molecule has 2 aliphatic rings. The highest BCUT2D eigenvalue weighted by atomic mass is 32.2. The van der Waals surface area contributed by atoms with Gasteiger partial charge in [0.1, 0.15) is 23.2 Å². The van der Waals surface area contributed by atoms with Crippen LogP contribution in [0.25, 0.3) is 0 Å². The fourth-order valence-electron chi connectivity index (χ4n) is 3.58. The number of nitrogens with one attached hydrogen (secondary N) is 1. The predicted molar refractivity (Wildman–Crippen MR) is 101 cm³/mol. The molecule has 6 nitrogen and oxygen atoms in total. The molecule has 7 heteroatoms. The smallest absolute Gasteiger partial charge is 0.232 e. The lowest BCUT2D eigenvalue weighted by atomic mass is 9.86. The van der Waals surface area contributed by atoms with Crippen molar-refractivity contribution in [3.8, 4) is 11.8 Å². The summed E-state index contributed by atoms with van der Waals surface area (Å²) in [5, 5.41) is 10.6. The number of quaternary nitrogens is 1. The van der Waals surface area contributed by atoms with Crippen LogP contribution in [0.5, 0.6) is 5.75 Å². The standard InChI is InChI=1S/C20H19N3O3S/c1-25-15-5-2-4-14(8-15)17-9-19(24)23-12-22(11-16-6-3-7-26-16)13-27-20(23)18(17)10-21/h2-8,17H,9,11-13H2,1H3/p+1/t17-/m1/s1. The quantitative estimate of drug-likeness (QED) is 0.877. The van der Waals surface area contributed by atoms with Gasteiger partial charge in [-0.1, -0.05) is 12.1 Å². The monoisotopic (exact) mass is 382 g/mol. The van der Waals surface area contributed by atoms with Gasteiger partial charge in [-0.2, -0.15) is 5.26 Å². The van der Waals surface area contributed by atoms with E-state index in [2.05, 4.69) is 6.07 Å². The maximum absolute atomic E-state index is 12.9. The minimum absolute atomic E-state index is 0.0564. The number of ether oxygens (including phenoxy) is 1. The molecular weight excluding hydrogens is 362 g/mol. The fourth-order valence-corrected chi connectivity index (χ4v) is 4.78. The van der Waals surface area contributed by atoms with Gasteiger partial charge in [0.25, 0.3) is 0 Å². The van der Waals surface area contributed by atoms with Gasteiger partial charge in [0.2, 0.25) is 5.91 Å². The number of nitriles is 1. The van der Waals surface area contributed by atoms with Gasteiger partial charge in [-0.15, -0.1) is 0 Å². The Morgan fingerprint density at radius 1 is 1.41 bits per heavy atom. The number of nitrogens with zero attached hydrogens (tertiary/aromatic N) is 2. The summed E-state index contributed by atoms with van der Waals surface area (Å²) >= 11 is 1.57. The molecule has 3 heterocycles. The maximum atomic E-state index is 12.9. The third kappa shape index (κ3) is 3.46. The van der Waals surface area contributed by atoms with Crippen molar-refractivity contribution in [2.45, 2.75) is 18.9 Å². The summed E-state index contributed by atoms with van der Waals surface area (Å²) in [4.78, 5) is 15.9. The number of benzene rings is 1. The van der Waals surface area contributed by atoms with Gasteiger partial charge in [0.05, 0.1) is 25.0 Å². The average Bonchev–Trinajstić information content (AvgIpc) is 3.21. The number of thioether (sulfide) groups is 1. The zero-order valence-corrected chi connectivity index (χ0v) is 15.8. The second-order valence-corrected chi connectivity index (χ2v) is 7.60. The summed E-state index contributed by atoms with van der Waals surface area (Å²) in [5.41, 5.74) is 1.61. The molecule has 138 valence electrons. The van der Waals surface area contributed by atoms with Crippen molar-refractivity contribution in [2.24, 2.45) is 0 Å². The van der Waals surface area contributed by atoms with Gasteiger partial charge in [-0.05, 0) is 41.6 Å². The number of carbonyl (C=O) groups excluding carboxylic acids is 1. The van der Waals surface area contributed by atoms with Crippen LogP contribution in [-0.4, -0.2) is 30.5 Å². The van der Waals surface area contributed by atoms with Crippen LogP contribution in [0, 0.1) is 11.3 Å². The van der Waals surface area contributed by atoms with E-state index in [0.29, 0.717) is 18.7 Å². The van der Waals surface area contributed by atoms with Gasteiger partial charge < -0.3 is 14.1 Å². The van der Waals surface area contributed by atoms with Crippen LogP contribution in [0.3, 0.4) is 0 Å². The van der Waals surface area contributed by atoms with E-state index in [0.717, 1.165) is 34.5 Å². The molecule has 1 aromatic carbocycles. The highest BCUT2D eigenvalue weighted by Gasteiger charge is 2.40. The lowest BCUT2D eigenvalue weighted by Gasteiger charge is -2.38. The summed E-state index contributed by atoms with van der Waals surface area (Å²) in [6, 6.07) is 13.8. The molecule has 2 atom stereocenters. The lowest BCUT2D eigenvalue weighted by Crippen LogP contribution is -3.12. The molecule has 27 heavy (non-hydrogen) atoms. The summed E-state index contributed by atoms with van der Waals surface area (Å²) in [5.74, 6) is 2.26. The first-order chi connectivity index (χ1) is 13.2. The van der Waals surface area contributed by atoms with Crippen LogP contribution in [0.15, 0.2) is 57.7 Å². The molecule has 1 amide bonds. The summed E-state index contributed by atoms with van der Waals surface area (Å²) in [7, 11) is 1.61. The average molecular weight is 382 g/mol. The third-order valence-electron chi connectivity index (χ3n) is 4.92. The van der Waals surface area contributed by atoms with E-state index in [1.165, 1.54) is 4.90 Å². The molecular formula is C20H20N3O3S+. The molecule has 2 aliphatic heterocycles. The van der Waals surface area contributed by atoms with Crippen LogP contribution in [0.4, 0.5) is 0 Å². The Morgan fingerprint density at radius 2 is 2.30 bits per heavy atom. The molecule has 1 fully saturated rings. The minimum atomic E-state index is -0.219. The van der Waals surface area contributed by atoms with Crippen molar-refractivity contribution in [3.05, 3.63) is 64.6 Å². The van der Waals surface area contributed by atoms with Gasteiger partial charge in [0.15, 0.2) is 12.4 Å². The first-order valence-corrected chi connectivity index (χ1v) is 9.75. The first-order valence-electron chi connectivity index (χ1n) is 8.77. The van der Waals surface area contributed by atoms with Crippen molar-refractivity contribution in [3.63, 3.8) is 0 Å². The van der Waals surface area contributed by atoms with Crippen molar-refractivity contribution in [2.75, 3.05) is 19.7 Å². The van der Waals surface area contributed by atoms with Gasteiger partial charge in [-0.3, -0.25) is 9.69 Å². The Labute approximate surface area is 162 Å². The normalized spacial score (nSPS) is 22.4. The van der Waals surface area contributed by atoms with Crippen molar-refractivity contribution in [1.82, 2.24) is 4.90 Å². The molecule has 1 N–H and O–H groups in total. The van der Waals surface area contributed by atoms with Crippen molar-refractivity contribution < 1.29 is 18.8 Å². The second kappa shape index (κ2) is 7.51. The SMILES string of the molecule is COc1cccc([C@H]2CC(=O)N3C[NH+](Cc4ccco4)CSC3=C2C#N)c1. The maximum Gasteiger partial charge on any atom is 0.232 e. The molecule has 0 radical (unpaired) electrons. The highest BCUT2D eigenvalue weighted by Crippen LogP contribution is 2.41. The summed E-state index contributed by atoms with van der Waals surface area (Å²) < 4.78 is 10.7. The van der Waals surface area contributed by atoms with Crippen LogP contribution in [0.1, 0.15) is 23.7 Å². The first kappa shape index (κ1) is 17.7. The lowest BCUT2D eigenvalue weighted by molar-refractivity contribution is -0.911. The largest absolute Gasteiger partial charge is 0.497 e. The molecule has 4 rings (SSSR count). The van der Waals surface area contributed by atoms with Crippen LogP contribution >= 0.6 is 11.8 Å². The second-order valence-electron chi connectivity index (χ2n) is 6.64. The Balaban J connectivity index is 1.61. The number of amides is 1. The van der Waals surface area contributed by atoms with Crippen LogP contribution in [-0.2, 0) is 11.3 Å². The number of methoxy groups -OCH3 is 1. The van der Waals surface area contributed by atoms with E-state index < -0.39 is 0 Å². The predicted octanol–water partition coefficient (Wildman–Crippen LogP) is 2.09. The molecule has 1 saturated heterocycles. The molecule has 0 bridgehead atoms. The van der Waals surface area contributed by atoms with Crippen LogP contribution < -0.4 is 9.64 Å². The number of hydrogen-bond acceptors (Lipinski definition) is 5. The van der Waals surface area contributed by atoms with E-state index in [1.54, 1.807) is 30.0 Å². The zero-order chi connectivity index (χ0) is 18.8. The Kier molecular flexibility index (Phi) is 4.92. The fraction of sp³-hybridized carbons (Fsp3) is 0.300. The molecule has 0 saturated carbocycles. The molecule has 2 aromatic rings. The van der Waals surface area contributed by atoms with Crippen LogP contribution in [0.2, 0.25) is 0 Å². The number of carbonyl (C=O) groups is 1. The number of rotatable bonds is 4. The van der Waals surface area contributed by atoms with E-state index in [-0.39, 0.29) is 11.8 Å². The van der Waals surface area contributed by atoms with Crippen molar-refractivity contribution in [1.29, 1.82) is 5.26 Å². The van der Waals surface area contributed by atoms with E-state index in [4.69, 9.17) is 9.15 Å². The summed E-state index contributed by atoms with van der Waals surface area (Å²) in [6.07, 6.45) is 1.96. The number of fused-ring (bicyclic) bond motifs is 1. The molecule has 0 aliphatic carbocycles. The minimum Gasteiger partial charge on any atom is -0.497 e. The number of allylic oxidation sites excluding steroid dienone is 1. The van der Waals surface area contributed by atoms with Gasteiger partial charge >= 0.3 is 0 Å². The molecule has 0 spiro atoms. The van der Waals surface area contributed by atoms with Crippen molar-refractivity contribution >= 4 is 17.7 Å². The number of furan rings is 1. The Morgan fingerprint density at radius 3 is 3.04 bits per heavy atom. The Bertz CT molecular complexity index is 917. The highest BCUT2D eigenvalue weighted by molar-refractivity contribution is 8.02.